The van der Waals surface area contributed by atoms with Crippen LogP contribution in [0.4, 0.5) is 0 Å². The van der Waals surface area contributed by atoms with Crippen molar-refractivity contribution in [2.45, 2.75) is 13.2 Å². The number of aliphatic hydroxyl groups is 1. The lowest BCUT2D eigenvalue weighted by atomic mass is 10.2. The van der Waals surface area contributed by atoms with Crippen LogP contribution >= 0.6 is 15.9 Å². The molecule has 0 amide bonds. The van der Waals surface area contributed by atoms with Crippen molar-refractivity contribution >= 4 is 15.9 Å². The molecule has 0 fully saturated rings. The van der Waals surface area contributed by atoms with Gasteiger partial charge in [-0.2, -0.15) is 0 Å². The zero-order valence-electron chi connectivity index (χ0n) is 10.2. The van der Waals surface area contributed by atoms with Gasteiger partial charge in [0.25, 0.3) is 0 Å². The molecule has 0 heterocycles. The molecule has 88 valence electrons. The first kappa shape index (κ1) is 10.8. The van der Waals surface area contributed by atoms with Gasteiger partial charge in [0.15, 0.2) is 0 Å². The predicted octanol–water partition coefficient (Wildman–Crippen LogP) is 3.52. The van der Waals surface area contributed by atoms with Crippen molar-refractivity contribution in [3.63, 3.8) is 0 Å². The van der Waals surface area contributed by atoms with Gasteiger partial charge in [0.2, 0.25) is 1.43 Å². The topological polar surface area (TPSA) is 29.5 Å². The van der Waals surface area contributed by atoms with Crippen LogP contribution in [0.25, 0.3) is 0 Å². The molecule has 0 unspecified atom stereocenters. The largest absolute Gasteiger partial charge is 0.489 e. The molecular formula is C14H13BrO2. The number of halogens is 1. The van der Waals surface area contributed by atoms with Gasteiger partial charge in [0, 0.05) is 4.47 Å². The molecule has 0 atom stereocenters. The highest BCUT2D eigenvalue weighted by Gasteiger charge is 2.01. The third-order valence-electron chi connectivity index (χ3n) is 2.42. The number of ether oxygens (including phenoxy) is 1. The molecule has 2 aromatic rings. The fraction of sp³-hybridized carbons (Fsp3) is 0.143. The first-order valence-corrected chi connectivity index (χ1v) is 6.12. The van der Waals surface area contributed by atoms with Gasteiger partial charge >= 0.3 is 0 Å². The summed E-state index contributed by atoms with van der Waals surface area (Å²) in [5, 5.41) is 4.39. The Morgan fingerprint density at radius 1 is 1.18 bits per heavy atom. The van der Waals surface area contributed by atoms with Crippen molar-refractivity contribution in [3.8, 4) is 5.75 Å². The molecule has 0 radical (unpaired) electrons. The second kappa shape index (κ2) is 5.84. The Bertz CT molecular complexity index is 502. The summed E-state index contributed by atoms with van der Waals surface area (Å²) in [6.07, 6.45) is 0. The second-order valence-corrected chi connectivity index (χ2v) is 4.53. The van der Waals surface area contributed by atoms with Crippen LogP contribution in [-0.2, 0) is 13.2 Å². The average molecular weight is 294 g/mol. The molecule has 17 heavy (non-hydrogen) atoms. The fourth-order valence-electron chi connectivity index (χ4n) is 1.49. The van der Waals surface area contributed by atoms with Gasteiger partial charge in [-0.25, -0.2) is 0 Å². The summed E-state index contributed by atoms with van der Waals surface area (Å²) in [5.74, 6) is 0.772. The molecule has 0 aromatic heterocycles. The molecule has 0 spiro atoms. The number of rotatable bonds is 5. The van der Waals surface area contributed by atoms with Gasteiger partial charge in [-0.15, -0.1) is 0 Å². The Balaban J connectivity index is 2.03. The van der Waals surface area contributed by atoms with Crippen LogP contribution < -0.4 is 4.74 Å². The van der Waals surface area contributed by atoms with E-state index in [1.807, 2.05) is 48.5 Å². The molecule has 0 aliphatic heterocycles. The smallest absolute Gasteiger partial charge is 0.211 e. The maximum absolute atomic E-state index is 6.78. The minimum absolute atomic E-state index is 0.239. The summed E-state index contributed by atoms with van der Waals surface area (Å²) < 4.78 is 13.4. The Morgan fingerprint density at radius 3 is 2.76 bits per heavy atom. The lowest BCUT2D eigenvalue weighted by molar-refractivity contribution is 0.277. The first-order chi connectivity index (χ1) is 8.79. The summed E-state index contributed by atoms with van der Waals surface area (Å²) in [5.41, 5.74) is 2.02. The fourth-order valence-corrected chi connectivity index (χ4v) is 1.85. The number of hydrogen-bond acceptors (Lipinski definition) is 2. The van der Waals surface area contributed by atoms with E-state index in [1.54, 1.807) is 0 Å². The van der Waals surface area contributed by atoms with Crippen LogP contribution in [-0.4, -0.2) is 6.54 Å². The molecule has 0 saturated carbocycles. The Kier molecular flexibility index (Phi) is 3.72. The van der Waals surface area contributed by atoms with E-state index in [9.17, 15) is 0 Å². The number of hydrogen-bond donors (Lipinski definition) is 1. The highest BCUT2D eigenvalue weighted by atomic mass is 79.9. The van der Waals surface area contributed by atoms with E-state index in [4.69, 9.17) is 6.17 Å². The van der Waals surface area contributed by atoms with Crippen molar-refractivity contribution in [2.24, 2.45) is 0 Å². The standard InChI is InChI=1S/C14H13BrO2/c15-14-7-6-13(8-12(14)9-16)17-10-11-4-2-1-3-5-11/h1-8,16H,9-10H2/i16D. The lowest BCUT2D eigenvalue weighted by Crippen LogP contribution is -1.96. The zero-order chi connectivity index (χ0) is 12.8. The minimum Gasteiger partial charge on any atom is -0.489 e. The van der Waals surface area contributed by atoms with Gasteiger partial charge in [-0.05, 0) is 29.3 Å². The Morgan fingerprint density at radius 2 is 2.00 bits per heavy atom. The summed E-state index contributed by atoms with van der Waals surface area (Å²) in [7, 11) is 0. The van der Waals surface area contributed by atoms with Crippen molar-refractivity contribution in [2.75, 3.05) is 0 Å². The molecule has 0 saturated heterocycles. The number of aliphatic hydroxyl groups excluding tert-OH is 1. The zero-order valence-corrected chi connectivity index (χ0v) is 10.8. The van der Waals surface area contributed by atoms with Crippen molar-refractivity contribution in [1.29, 1.82) is 1.43 Å². The SMILES string of the molecule is [2H]OCc1cc(OCc2ccccc2)ccc1Br. The van der Waals surface area contributed by atoms with Crippen LogP contribution in [0.5, 0.6) is 5.75 Å². The van der Waals surface area contributed by atoms with Crippen LogP contribution in [0.15, 0.2) is 53.0 Å². The van der Waals surface area contributed by atoms with Crippen molar-refractivity contribution in [3.05, 3.63) is 64.1 Å². The van der Waals surface area contributed by atoms with E-state index in [0.29, 0.717) is 6.61 Å². The lowest BCUT2D eigenvalue weighted by Gasteiger charge is -2.08. The minimum atomic E-state index is 0.239. The van der Waals surface area contributed by atoms with E-state index < -0.39 is 0 Å². The molecule has 2 aromatic carbocycles. The molecule has 2 rings (SSSR count). The van der Waals surface area contributed by atoms with Gasteiger partial charge in [-0.3, -0.25) is 0 Å². The average Bonchev–Trinajstić information content (AvgIpc) is 2.41. The molecule has 0 bridgehead atoms. The van der Waals surface area contributed by atoms with Crippen LogP contribution in [0.1, 0.15) is 11.1 Å². The van der Waals surface area contributed by atoms with E-state index in [2.05, 4.69) is 21.0 Å². The molecule has 0 aliphatic carbocycles. The Hall–Kier alpha value is -1.32. The highest BCUT2D eigenvalue weighted by molar-refractivity contribution is 9.10. The molecule has 3 heteroatoms. The third-order valence-corrected chi connectivity index (χ3v) is 3.19. The van der Waals surface area contributed by atoms with Crippen LogP contribution in [0.2, 0.25) is 0 Å². The maximum Gasteiger partial charge on any atom is 0.211 e. The molecule has 0 aliphatic rings. The van der Waals surface area contributed by atoms with Crippen LogP contribution in [0, 0.1) is 0 Å². The van der Waals surface area contributed by atoms with Crippen LogP contribution in [0.3, 0.4) is 0 Å². The predicted molar refractivity (Wildman–Crippen MR) is 70.8 cm³/mol. The van der Waals surface area contributed by atoms with E-state index >= 15 is 0 Å². The molecular weight excluding hydrogens is 280 g/mol. The second-order valence-electron chi connectivity index (χ2n) is 3.67. The Labute approximate surface area is 110 Å². The number of benzene rings is 2. The van der Waals surface area contributed by atoms with Crippen molar-refractivity contribution < 1.29 is 9.85 Å². The quantitative estimate of drug-likeness (QED) is 0.914. The van der Waals surface area contributed by atoms with E-state index in [1.165, 1.54) is 0 Å². The van der Waals surface area contributed by atoms with Gasteiger partial charge in [0.05, 0.1) is 6.61 Å². The maximum atomic E-state index is 6.78. The summed E-state index contributed by atoms with van der Waals surface area (Å²) >= 11 is 3.41. The summed E-state index contributed by atoms with van der Waals surface area (Å²) in [4.78, 5) is 0. The molecule has 2 nitrogen and oxygen atoms in total. The summed E-state index contributed by atoms with van der Waals surface area (Å²) in [6, 6.07) is 15.7. The van der Waals surface area contributed by atoms with Gasteiger partial charge in [0.1, 0.15) is 12.4 Å². The van der Waals surface area contributed by atoms with E-state index in [0.717, 1.165) is 21.3 Å². The molecule has 1 N–H and O–H groups in total. The first-order valence-electron chi connectivity index (χ1n) is 5.73. The third kappa shape index (κ3) is 3.32. The van der Waals surface area contributed by atoms with Gasteiger partial charge in [-0.1, -0.05) is 46.3 Å². The monoisotopic (exact) mass is 293 g/mol. The normalized spacial score (nSPS) is 11.0. The van der Waals surface area contributed by atoms with Crippen molar-refractivity contribution in [1.82, 2.24) is 0 Å². The highest BCUT2D eigenvalue weighted by Crippen LogP contribution is 2.23. The van der Waals surface area contributed by atoms with Gasteiger partial charge < -0.3 is 9.85 Å². The van der Waals surface area contributed by atoms with E-state index in [-0.39, 0.29) is 6.61 Å². The summed E-state index contributed by atoms with van der Waals surface area (Å²) in [6.45, 7) is 0.771.